The summed E-state index contributed by atoms with van der Waals surface area (Å²) in [5.74, 6) is 0.0696. The second-order valence-electron chi connectivity index (χ2n) is 5.72. The lowest BCUT2D eigenvalue weighted by Crippen LogP contribution is -2.63. The van der Waals surface area contributed by atoms with E-state index >= 15 is 0 Å². The number of ether oxygens (including phenoxy) is 2. The van der Waals surface area contributed by atoms with Crippen molar-refractivity contribution < 1.29 is 14.3 Å². The smallest absolute Gasteiger partial charge is 0.245 e. The van der Waals surface area contributed by atoms with Gasteiger partial charge in [0.15, 0.2) is 0 Å². The van der Waals surface area contributed by atoms with Crippen LogP contribution in [0.5, 0.6) is 0 Å². The summed E-state index contributed by atoms with van der Waals surface area (Å²) >= 11 is 0. The first-order chi connectivity index (χ1) is 8.71. The van der Waals surface area contributed by atoms with Crippen LogP contribution in [-0.4, -0.2) is 54.9 Å². The zero-order valence-electron chi connectivity index (χ0n) is 10.8. The van der Waals surface area contributed by atoms with Gasteiger partial charge in [-0.3, -0.25) is 4.79 Å². The molecular weight excluding hydrogens is 232 g/mol. The molecule has 0 spiro atoms. The average Bonchev–Trinajstić information content (AvgIpc) is 2.85. The number of carbonyl (C=O) groups excluding carboxylic acids is 1. The third-order valence-corrected chi connectivity index (χ3v) is 4.47. The summed E-state index contributed by atoms with van der Waals surface area (Å²) < 4.78 is 11.1. The highest BCUT2D eigenvalue weighted by molar-refractivity contribution is 5.87. The topological polar surface area (TPSA) is 64.8 Å². The molecule has 102 valence electrons. The second-order valence-corrected chi connectivity index (χ2v) is 5.72. The molecule has 5 nitrogen and oxygen atoms in total. The van der Waals surface area contributed by atoms with E-state index < -0.39 is 5.54 Å². The molecule has 0 radical (unpaired) electrons. The highest BCUT2D eigenvalue weighted by Gasteiger charge is 2.46. The van der Waals surface area contributed by atoms with Gasteiger partial charge in [0.05, 0.1) is 25.4 Å². The van der Waals surface area contributed by atoms with Gasteiger partial charge in [0.1, 0.15) is 5.54 Å². The third kappa shape index (κ3) is 2.04. The van der Waals surface area contributed by atoms with E-state index in [0.29, 0.717) is 32.8 Å². The summed E-state index contributed by atoms with van der Waals surface area (Å²) in [4.78, 5) is 14.6. The van der Waals surface area contributed by atoms with E-state index in [0.717, 1.165) is 12.8 Å². The Morgan fingerprint density at radius 3 is 2.89 bits per heavy atom. The number of hydrogen-bond acceptors (Lipinski definition) is 4. The second kappa shape index (κ2) is 4.79. The monoisotopic (exact) mass is 254 g/mol. The summed E-state index contributed by atoms with van der Waals surface area (Å²) in [6.45, 7) is 2.28. The van der Waals surface area contributed by atoms with Crippen molar-refractivity contribution in [1.29, 1.82) is 0 Å². The standard InChI is InChI=1S/C13H22N2O3/c14-13(5-7-17-9-13)12(16)15-6-8-18-11-4-2-1-3-10(11)15/h10-11H,1-9,14H2. The van der Waals surface area contributed by atoms with Crippen LogP contribution in [0.4, 0.5) is 0 Å². The minimum atomic E-state index is -0.792. The molecule has 2 aliphatic heterocycles. The molecule has 5 heteroatoms. The summed E-state index contributed by atoms with van der Waals surface area (Å²) in [6, 6.07) is 0.237. The number of amides is 1. The Balaban J connectivity index is 1.75. The van der Waals surface area contributed by atoms with Gasteiger partial charge >= 0.3 is 0 Å². The van der Waals surface area contributed by atoms with Crippen molar-refractivity contribution in [3.63, 3.8) is 0 Å². The van der Waals surface area contributed by atoms with E-state index in [2.05, 4.69) is 0 Å². The van der Waals surface area contributed by atoms with Crippen LogP contribution in [0.1, 0.15) is 32.1 Å². The van der Waals surface area contributed by atoms with E-state index in [1.807, 2.05) is 4.90 Å². The average molecular weight is 254 g/mol. The van der Waals surface area contributed by atoms with Gasteiger partial charge in [-0.05, 0) is 19.3 Å². The van der Waals surface area contributed by atoms with Gasteiger partial charge in [-0.2, -0.15) is 0 Å². The van der Waals surface area contributed by atoms with Crippen molar-refractivity contribution in [3.8, 4) is 0 Å². The highest BCUT2D eigenvalue weighted by atomic mass is 16.5. The number of fused-ring (bicyclic) bond motifs is 1. The van der Waals surface area contributed by atoms with E-state index in [9.17, 15) is 4.79 Å². The fourth-order valence-electron chi connectivity index (χ4n) is 3.38. The molecule has 3 unspecified atom stereocenters. The molecule has 3 aliphatic rings. The number of morpholine rings is 1. The van der Waals surface area contributed by atoms with Crippen molar-refractivity contribution in [1.82, 2.24) is 4.90 Å². The van der Waals surface area contributed by atoms with E-state index in [4.69, 9.17) is 15.2 Å². The molecule has 1 amide bonds. The SMILES string of the molecule is NC1(C(=O)N2CCOC3CCCCC32)CCOC1. The molecule has 2 saturated heterocycles. The fraction of sp³-hybridized carbons (Fsp3) is 0.923. The van der Waals surface area contributed by atoms with Crippen LogP contribution >= 0.6 is 0 Å². The Hall–Kier alpha value is -0.650. The van der Waals surface area contributed by atoms with Gasteiger partial charge in [0.2, 0.25) is 5.91 Å². The predicted octanol–water partition coefficient (Wildman–Crippen LogP) is 0.274. The maximum atomic E-state index is 12.6. The van der Waals surface area contributed by atoms with Crippen LogP contribution in [0.15, 0.2) is 0 Å². The molecular formula is C13H22N2O3. The van der Waals surface area contributed by atoms with Gasteiger partial charge in [-0.25, -0.2) is 0 Å². The van der Waals surface area contributed by atoms with Crippen molar-refractivity contribution >= 4 is 5.91 Å². The Labute approximate surface area is 108 Å². The van der Waals surface area contributed by atoms with E-state index in [1.165, 1.54) is 12.8 Å². The first-order valence-electron chi connectivity index (χ1n) is 7.00. The summed E-state index contributed by atoms with van der Waals surface area (Å²) in [5, 5.41) is 0. The summed E-state index contributed by atoms with van der Waals surface area (Å²) in [7, 11) is 0. The van der Waals surface area contributed by atoms with Crippen molar-refractivity contribution in [2.45, 2.75) is 49.8 Å². The molecule has 3 fully saturated rings. The fourth-order valence-corrected chi connectivity index (χ4v) is 3.38. The zero-order valence-corrected chi connectivity index (χ0v) is 10.8. The Morgan fingerprint density at radius 1 is 1.28 bits per heavy atom. The summed E-state index contributed by atoms with van der Waals surface area (Å²) in [6.07, 6.45) is 5.38. The lowest BCUT2D eigenvalue weighted by molar-refractivity contribution is -0.155. The minimum Gasteiger partial charge on any atom is -0.379 e. The molecule has 1 saturated carbocycles. The number of hydrogen-bond donors (Lipinski definition) is 1. The predicted molar refractivity (Wildman–Crippen MR) is 66.1 cm³/mol. The maximum Gasteiger partial charge on any atom is 0.245 e. The molecule has 2 N–H and O–H groups in total. The molecule has 18 heavy (non-hydrogen) atoms. The Bertz CT molecular complexity index is 326. The number of nitrogens with two attached hydrogens (primary N) is 1. The summed E-state index contributed by atoms with van der Waals surface area (Å²) in [5.41, 5.74) is 5.41. The van der Waals surface area contributed by atoms with Crippen LogP contribution in [0, 0.1) is 0 Å². The Morgan fingerprint density at radius 2 is 2.11 bits per heavy atom. The van der Waals surface area contributed by atoms with Crippen LogP contribution in [0.3, 0.4) is 0 Å². The van der Waals surface area contributed by atoms with Crippen molar-refractivity contribution in [3.05, 3.63) is 0 Å². The normalized spacial score (nSPS) is 40.6. The van der Waals surface area contributed by atoms with Gasteiger partial charge in [-0.1, -0.05) is 12.8 Å². The molecule has 3 rings (SSSR count). The first kappa shape index (κ1) is 12.4. The molecule has 2 heterocycles. The molecule has 0 aromatic heterocycles. The van der Waals surface area contributed by atoms with Gasteiger partial charge < -0.3 is 20.1 Å². The van der Waals surface area contributed by atoms with Gasteiger partial charge in [0, 0.05) is 13.2 Å². The molecule has 1 aliphatic carbocycles. The quantitative estimate of drug-likeness (QED) is 0.729. The van der Waals surface area contributed by atoms with E-state index in [-0.39, 0.29) is 18.1 Å². The van der Waals surface area contributed by atoms with Crippen LogP contribution in [0.2, 0.25) is 0 Å². The van der Waals surface area contributed by atoms with Crippen LogP contribution < -0.4 is 5.73 Å². The van der Waals surface area contributed by atoms with Gasteiger partial charge in [-0.15, -0.1) is 0 Å². The van der Waals surface area contributed by atoms with Crippen molar-refractivity contribution in [2.24, 2.45) is 5.73 Å². The first-order valence-corrected chi connectivity index (χ1v) is 7.00. The maximum absolute atomic E-state index is 12.6. The van der Waals surface area contributed by atoms with Gasteiger partial charge in [0.25, 0.3) is 0 Å². The lowest BCUT2D eigenvalue weighted by atomic mass is 9.88. The zero-order chi connectivity index (χ0) is 12.6. The number of carbonyl (C=O) groups is 1. The molecule has 0 bridgehead atoms. The molecule has 0 aromatic rings. The number of rotatable bonds is 1. The molecule has 3 atom stereocenters. The largest absolute Gasteiger partial charge is 0.379 e. The highest BCUT2D eigenvalue weighted by Crippen LogP contribution is 2.31. The third-order valence-electron chi connectivity index (χ3n) is 4.47. The van der Waals surface area contributed by atoms with E-state index in [1.54, 1.807) is 0 Å². The molecule has 0 aromatic carbocycles. The lowest BCUT2D eigenvalue weighted by Gasteiger charge is -2.45. The Kier molecular flexibility index (Phi) is 3.30. The number of nitrogens with zero attached hydrogens (tertiary/aromatic N) is 1. The van der Waals surface area contributed by atoms with Crippen molar-refractivity contribution in [2.75, 3.05) is 26.4 Å². The van der Waals surface area contributed by atoms with Crippen LogP contribution in [0.25, 0.3) is 0 Å². The van der Waals surface area contributed by atoms with Crippen LogP contribution in [-0.2, 0) is 14.3 Å². The minimum absolute atomic E-state index is 0.0696.